The van der Waals surface area contributed by atoms with Gasteiger partial charge in [0.05, 0.1) is 17.7 Å². The van der Waals surface area contributed by atoms with Crippen LogP contribution in [0.15, 0.2) is 41.3 Å². The summed E-state index contributed by atoms with van der Waals surface area (Å²) in [6, 6.07) is 8.97. The molecule has 0 aliphatic heterocycles. The van der Waals surface area contributed by atoms with Crippen LogP contribution in [0.1, 0.15) is 16.7 Å². The molecule has 5 heteroatoms. The highest BCUT2D eigenvalue weighted by Gasteiger charge is 2.11. The van der Waals surface area contributed by atoms with Crippen molar-refractivity contribution in [1.29, 1.82) is 0 Å². The number of nitrogens with zero attached hydrogens (tertiary/aromatic N) is 2. The van der Waals surface area contributed by atoms with E-state index in [2.05, 4.69) is 0 Å². The number of nitro groups is 1. The first-order valence-electron chi connectivity index (χ1n) is 5.89. The number of benzene rings is 1. The number of rotatable bonds is 3. The lowest BCUT2D eigenvalue weighted by molar-refractivity contribution is -0.385. The summed E-state index contributed by atoms with van der Waals surface area (Å²) in [6.07, 6.45) is 1.29. The normalized spacial score (nSPS) is 10.4. The highest BCUT2D eigenvalue weighted by molar-refractivity contribution is 5.32. The zero-order chi connectivity index (χ0) is 14.0. The molecule has 1 aromatic carbocycles. The van der Waals surface area contributed by atoms with E-state index in [1.807, 2.05) is 31.2 Å². The second kappa shape index (κ2) is 5.06. The highest BCUT2D eigenvalue weighted by atomic mass is 16.6. The van der Waals surface area contributed by atoms with Crippen LogP contribution in [0.2, 0.25) is 0 Å². The SMILES string of the molecule is Cc1ccccc1Cn1cc([N+](=O)[O-])cc(C)c1=O. The van der Waals surface area contributed by atoms with Crippen molar-refractivity contribution in [2.45, 2.75) is 20.4 Å². The van der Waals surface area contributed by atoms with Gasteiger partial charge in [-0.05, 0) is 25.0 Å². The molecule has 19 heavy (non-hydrogen) atoms. The quantitative estimate of drug-likeness (QED) is 0.627. The number of pyridine rings is 1. The topological polar surface area (TPSA) is 65.1 Å². The van der Waals surface area contributed by atoms with Gasteiger partial charge in [-0.2, -0.15) is 0 Å². The second-order valence-electron chi connectivity index (χ2n) is 4.50. The van der Waals surface area contributed by atoms with Crippen molar-refractivity contribution in [2.24, 2.45) is 0 Å². The molecule has 5 nitrogen and oxygen atoms in total. The lowest BCUT2D eigenvalue weighted by atomic mass is 10.1. The Labute approximate surface area is 110 Å². The van der Waals surface area contributed by atoms with Crippen molar-refractivity contribution < 1.29 is 4.92 Å². The predicted molar refractivity (Wildman–Crippen MR) is 72.4 cm³/mol. The molecule has 0 atom stereocenters. The molecule has 98 valence electrons. The smallest absolute Gasteiger partial charge is 0.286 e. The van der Waals surface area contributed by atoms with E-state index in [1.54, 1.807) is 6.92 Å². The van der Waals surface area contributed by atoms with Crippen LogP contribution in [0.25, 0.3) is 0 Å². The fourth-order valence-electron chi connectivity index (χ4n) is 1.95. The van der Waals surface area contributed by atoms with Crippen LogP contribution in [0, 0.1) is 24.0 Å². The Morgan fingerprint density at radius 1 is 1.21 bits per heavy atom. The average Bonchev–Trinajstić information content (AvgIpc) is 2.37. The van der Waals surface area contributed by atoms with Gasteiger partial charge in [0.15, 0.2) is 0 Å². The molecule has 0 radical (unpaired) electrons. The molecular weight excluding hydrogens is 244 g/mol. The molecule has 0 N–H and O–H groups in total. The van der Waals surface area contributed by atoms with Crippen molar-refractivity contribution in [1.82, 2.24) is 4.57 Å². The molecule has 1 heterocycles. The maximum absolute atomic E-state index is 12.0. The predicted octanol–water partition coefficient (Wildman–Crippen LogP) is 2.42. The minimum absolute atomic E-state index is 0.0642. The standard InChI is InChI=1S/C14H14N2O3/c1-10-5-3-4-6-12(10)8-15-9-13(16(18)19)7-11(2)14(15)17/h3-7,9H,8H2,1-2H3. The molecule has 0 saturated heterocycles. The van der Waals surface area contributed by atoms with Crippen LogP contribution in [0.4, 0.5) is 5.69 Å². The van der Waals surface area contributed by atoms with Gasteiger partial charge in [0.1, 0.15) is 0 Å². The van der Waals surface area contributed by atoms with Crippen molar-refractivity contribution in [3.63, 3.8) is 0 Å². The van der Waals surface area contributed by atoms with E-state index in [0.29, 0.717) is 12.1 Å². The van der Waals surface area contributed by atoms with E-state index in [0.717, 1.165) is 11.1 Å². The lowest BCUT2D eigenvalue weighted by Crippen LogP contribution is -2.23. The fraction of sp³-hybridized carbons (Fsp3) is 0.214. The van der Waals surface area contributed by atoms with E-state index in [1.165, 1.54) is 16.8 Å². The molecule has 0 bridgehead atoms. The zero-order valence-electron chi connectivity index (χ0n) is 10.8. The van der Waals surface area contributed by atoms with Crippen LogP contribution in [-0.4, -0.2) is 9.49 Å². The first-order chi connectivity index (χ1) is 8.99. The van der Waals surface area contributed by atoms with Gasteiger partial charge in [-0.3, -0.25) is 14.9 Å². The lowest BCUT2D eigenvalue weighted by Gasteiger charge is -2.09. The van der Waals surface area contributed by atoms with Crippen molar-refractivity contribution in [2.75, 3.05) is 0 Å². The molecule has 2 rings (SSSR count). The Morgan fingerprint density at radius 3 is 2.53 bits per heavy atom. The van der Waals surface area contributed by atoms with Crippen molar-refractivity contribution >= 4 is 5.69 Å². The first kappa shape index (κ1) is 13.0. The average molecular weight is 258 g/mol. The summed E-state index contributed by atoms with van der Waals surface area (Å²) < 4.78 is 1.38. The Bertz CT molecular complexity index is 689. The molecule has 0 aliphatic carbocycles. The van der Waals surface area contributed by atoms with Gasteiger partial charge >= 0.3 is 0 Å². The van der Waals surface area contributed by atoms with Gasteiger partial charge in [-0.15, -0.1) is 0 Å². The molecule has 0 unspecified atom stereocenters. The van der Waals surface area contributed by atoms with Gasteiger partial charge in [-0.25, -0.2) is 0 Å². The van der Waals surface area contributed by atoms with E-state index in [9.17, 15) is 14.9 Å². The van der Waals surface area contributed by atoms with E-state index in [4.69, 9.17) is 0 Å². The van der Waals surface area contributed by atoms with Crippen LogP contribution >= 0.6 is 0 Å². The van der Waals surface area contributed by atoms with E-state index >= 15 is 0 Å². The summed E-state index contributed by atoms with van der Waals surface area (Å²) in [5, 5.41) is 10.8. The third-order valence-electron chi connectivity index (χ3n) is 3.06. The molecule has 2 aromatic rings. The minimum Gasteiger partial charge on any atom is -0.304 e. The van der Waals surface area contributed by atoms with E-state index < -0.39 is 4.92 Å². The molecule has 1 aromatic heterocycles. The van der Waals surface area contributed by atoms with Crippen molar-refractivity contribution in [3.05, 3.63) is 73.7 Å². The number of hydrogen-bond donors (Lipinski definition) is 0. The maximum atomic E-state index is 12.0. The summed E-state index contributed by atoms with van der Waals surface area (Å²) in [5.74, 6) is 0. The monoisotopic (exact) mass is 258 g/mol. The molecular formula is C14H14N2O3. The van der Waals surface area contributed by atoms with Gasteiger partial charge in [0, 0.05) is 11.6 Å². The summed E-state index contributed by atoms with van der Waals surface area (Å²) in [6.45, 7) is 3.88. The van der Waals surface area contributed by atoms with Crippen LogP contribution < -0.4 is 5.56 Å². The molecule has 0 spiro atoms. The Kier molecular flexibility index (Phi) is 3.46. The summed E-state index contributed by atoms with van der Waals surface area (Å²) in [7, 11) is 0. The number of aromatic nitrogens is 1. The van der Waals surface area contributed by atoms with Gasteiger partial charge in [-0.1, -0.05) is 24.3 Å². The van der Waals surface area contributed by atoms with Crippen LogP contribution in [0.5, 0.6) is 0 Å². The number of aryl methyl sites for hydroxylation is 2. The third-order valence-corrected chi connectivity index (χ3v) is 3.06. The van der Waals surface area contributed by atoms with Gasteiger partial charge < -0.3 is 4.57 Å². The van der Waals surface area contributed by atoms with E-state index in [-0.39, 0.29) is 11.2 Å². The Hall–Kier alpha value is -2.43. The largest absolute Gasteiger partial charge is 0.304 e. The highest BCUT2D eigenvalue weighted by Crippen LogP contribution is 2.13. The van der Waals surface area contributed by atoms with Gasteiger partial charge in [0.25, 0.3) is 11.2 Å². The molecule has 0 saturated carbocycles. The zero-order valence-corrected chi connectivity index (χ0v) is 10.8. The third kappa shape index (κ3) is 2.70. The van der Waals surface area contributed by atoms with Gasteiger partial charge in [0.2, 0.25) is 0 Å². The molecule has 0 amide bonds. The maximum Gasteiger partial charge on any atom is 0.286 e. The van der Waals surface area contributed by atoms with Crippen LogP contribution in [0.3, 0.4) is 0 Å². The van der Waals surface area contributed by atoms with Crippen LogP contribution in [-0.2, 0) is 6.54 Å². The number of hydrogen-bond acceptors (Lipinski definition) is 3. The first-order valence-corrected chi connectivity index (χ1v) is 5.89. The summed E-state index contributed by atoms with van der Waals surface area (Å²) >= 11 is 0. The summed E-state index contributed by atoms with van der Waals surface area (Å²) in [4.78, 5) is 22.3. The van der Waals surface area contributed by atoms with Crippen molar-refractivity contribution in [3.8, 4) is 0 Å². The Morgan fingerprint density at radius 2 is 1.89 bits per heavy atom. The summed E-state index contributed by atoms with van der Waals surface area (Å²) in [5.41, 5.74) is 2.14. The second-order valence-corrected chi connectivity index (χ2v) is 4.50. The minimum atomic E-state index is -0.485. The Balaban J connectivity index is 2.48. The fourth-order valence-corrected chi connectivity index (χ4v) is 1.95. The molecule has 0 fully saturated rings. The molecule has 0 aliphatic rings.